The maximum Gasteiger partial charge on any atom is 0.0767 e. The summed E-state index contributed by atoms with van der Waals surface area (Å²) in [5.41, 5.74) is 8.09. The Hall–Kier alpha value is -1.12. The number of hydrogen-bond acceptors (Lipinski definition) is 2. The molecule has 0 amide bonds. The first-order valence-corrected chi connectivity index (χ1v) is 5.91. The van der Waals surface area contributed by atoms with Crippen molar-refractivity contribution < 1.29 is 0 Å². The number of nitrogens with two attached hydrogens (primary N) is 1. The molecule has 0 bridgehead atoms. The molecule has 1 aliphatic carbocycles. The first kappa shape index (κ1) is 10.1. The highest BCUT2D eigenvalue weighted by Gasteiger charge is 2.37. The van der Waals surface area contributed by atoms with Crippen LogP contribution < -0.4 is 5.73 Å². The fourth-order valence-corrected chi connectivity index (χ4v) is 2.74. The van der Waals surface area contributed by atoms with E-state index in [2.05, 4.69) is 4.98 Å². The minimum atomic E-state index is -0.259. The van der Waals surface area contributed by atoms with Crippen molar-refractivity contribution in [3.8, 4) is 0 Å². The zero-order valence-corrected chi connectivity index (χ0v) is 9.67. The SMILES string of the molecule is NC1(c2c(Cl)ccc3cccnc23)CCC1. The first-order valence-electron chi connectivity index (χ1n) is 5.53. The average Bonchev–Trinajstić information content (AvgIpc) is 2.26. The third-order valence-corrected chi connectivity index (χ3v) is 3.78. The second-order valence-corrected chi connectivity index (χ2v) is 4.91. The van der Waals surface area contributed by atoms with Gasteiger partial charge in [0.05, 0.1) is 5.52 Å². The summed E-state index contributed by atoms with van der Waals surface area (Å²) >= 11 is 6.28. The molecular formula is C13H13ClN2. The van der Waals surface area contributed by atoms with Crippen LogP contribution in [0.3, 0.4) is 0 Å². The maximum atomic E-state index is 6.37. The maximum absolute atomic E-state index is 6.37. The Kier molecular flexibility index (Phi) is 2.16. The van der Waals surface area contributed by atoms with Gasteiger partial charge in [-0.2, -0.15) is 0 Å². The van der Waals surface area contributed by atoms with E-state index in [-0.39, 0.29) is 5.54 Å². The molecule has 2 aromatic rings. The molecule has 1 aliphatic rings. The number of nitrogens with zero attached hydrogens (tertiary/aromatic N) is 1. The van der Waals surface area contributed by atoms with Crippen LogP contribution in [0.25, 0.3) is 10.9 Å². The molecule has 3 rings (SSSR count). The highest BCUT2D eigenvalue weighted by Crippen LogP contribution is 2.44. The molecule has 0 unspecified atom stereocenters. The minimum Gasteiger partial charge on any atom is -0.321 e. The van der Waals surface area contributed by atoms with Crippen LogP contribution in [0.15, 0.2) is 30.5 Å². The molecular weight excluding hydrogens is 220 g/mol. The van der Waals surface area contributed by atoms with Crippen LogP contribution in [0.2, 0.25) is 5.02 Å². The van der Waals surface area contributed by atoms with Crippen molar-refractivity contribution >= 4 is 22.5 Å². The Morgan fingerprint density at radius 2 is 2.06 bits per heavy atom. The van der Waals surface area contributed by atoms with Crippen molar-refractivity contribution in [3.63, 3.8) is 0 Å². The van der Waals surface area contributed by atoms with E-state index in [1.807, 2.05) is 24.3 Å². The summed E-state index contributed by atoms with van der Waals surface area (Å²) in [4.78, 5) is 4.43. The van der Waals surface area contributed by atoms with Gasteiger partial charge < -0.3 is 5.73 Å². The van der Waals surface area contributed by atoms with Crippen molar-refractivity contribution in [3.05, 3.63) is 41.0 Å². The second-order valence-electron chi connectivity index (χ2n) is 4.51. The molecule has 1 saturated carbocycles. The van der Waals surface area contributed by atoms with Crippen LogP contribution in [0.5, 0.6) is 0 Å². The molecule has 1 fully saturated rings. The average molecular weight is 233 g/mol. The van der Waals surface area contributed by atoms with E-state index in [1.165, 1.54) is 6.42 Å². The van der Waals surface area contributed by atoms with E-state index >= 15 is 0 Å². The molecule has 1 aromatic carbocycles. The fraction of sp³-hybridized carbons (Fsp3) is 0.308. The van der Waals surface area contributed by atoms with E-state index in [0.29, 0.717) is 0 Å². The Bertz CT molecular complexity index is 547. The van der Waals surface area contributed by atoms with E-state index in [9.17, 15) is 0 Å². The molecule has 1 aromatic heterocycles. The van der Waals surface area contributed by atoms with Crippen molar-refractivity contribution in [1.29, 1.82) is 0 Å². The van der Waals surface area contributed by atoms with E-state index < -0.39 is 0 Å². The summed E-state index contributed by atoms with van der Waals surface area (Å²) in [6.45, 7) is 0. The van der Waals surface area contributed by atoms with Gasteiger partial charge in [0.2, 0.25) is 0 Å². The Labute approximate surface area is 99.4 Å². The van der Waals surface area contributed by atoms with Gasteiger partial charge in [0.25, 0.3) is 0 Å². The van der Waals surface area contributed by atoms with Gasteiger partial charge in [0.15, 0.2) is 0 Å². The third-order valence-electron chi connectivity index (χ3n) is 3.47. The Balaban J connectivity index is 2.32. The van der Waals surface area contributed by atoms with Gasteiger partial charge in [-0.1, -0.05) is 23.7 Å². The van der Waals surface area contributed by atoms with Crippen molar-refractivity contribution in [1.82, 2.24) is 4.98 Å². The predicted molar refractivity (Wildman–Crippen MR) is 66.5 cm³/mol. The Morgan fingerprint density at radius 3 is 2.75 bits per heavy atom. The van der Waals surface area contributed by atoms with Crippen LogP contribution in [-0.2, 0) is 5.54 Å². The van der Waals surface area contributed by atoms with Gasteiger partial charge in [-0.05, 0) is 31.4 Å². The lowest BCUT2D eigenvalue weighted by molar-refractivity contribution is 0.255. The molecule has 0 aliphatic heterocycles. The lowest BCUT2D eigenvalue weighted by atomic mass is 9.72. The summed E-state index contributed by atoms with van der Waals surface area (Å²) < 4.78 is 0. The van der Waals surface area contributed by atoms with Crippen LogP contribution >= 0.6 is 11.6 Å². The van der Waals surface area contributed by atoms with Crippen molar-refractivity contribution in [2.24, 2.45) is 5.73 Å². The van der Waals surface area contributed by atoms with Crippen LogP contribution in [0.4, 0.5) is 0 Å². The number of pyridine rings is 1. The van der Waals surface area contributed by atoms with E-state index in [1.54, 1.807) is 6.20 Å². The predicted octanol–water partition coefficient (Wildman–Crippen LogP) is 3.23. The summed E-state index contributed by atoms with van der Waals surface area (Å²) in [6, 6.07) is 7.90. The summed E-state index contributed by atoms with van der Waals surface area (Å²) in [5, 5.41) is 1.85. The smallest absolute Gasteiger partial charge is 0.0767 e. The normalized spacial score (nSPS) is 18.4. The molecule has 0 spiro atoms. The quantitative estimate of drug-likeness (QED) is 0.820. The first-order chi connectivity index (χ1) is 7.71. The van der Waals surface area contributed by atoms with Crippen LogP contribution in [0, 0.1) is 0 Å². The van der Waals surface area contributed by atoms with Gasteiger partial charge in [0, 0.05) is 27.7 Å². The minimum absolute atomic E-state index is 0.259. The molecule has 2 N–H and O–H groups in total. The molecule has 2 nitrogen and oxygen atoms in total. The molecule has 0 atom stereocenters. The number of rotatable bonds is 1. The monoisotopic (exact) mass is 232 g/mol. The van der Waals surface area contributed by atoms with E-state index in [4.69, 9.17) is 17.3 Å². The zero-order chi connectivity index (χ0) is 11.2. The summed E-state index contributed by atoms with van der Waals surface area (Å²) in [5.74, 6) is 0. The molecule has 3 heteroatoms. The van der Waals surface area contributed by atoms with Gasteiger partial charge in [0.1, 0.15) is 0 Å². The number of benzene rings is 1. The molecule has 1 heterocycles. The molecule has 16 heavy (non-hydrogen) atoms. The lowest BCUT2D eigenvalue weighted by Gasteiger charge is -2.39. The Morgan fingerprint density at radius 1 is 1.25 bits per heavy atom. The fourth-order valence-electron chi connectivity index (χ4n) is 2.40. The second kappa shape index (κ2) is 3.44. The number of fused-ring (bicyclic) bond motifs is 1. The summed E-state index contributed by atoms with van der Waals surface area (Å²) in [7, 11) is 0. The number of hydrogen-bond donors (Lipinski definition) is 1. The third kappa shape index (κ3) is 1.34. The van der Waals surface area contributed by atoms with Gasteiger partial charge in [-0.3, -0.25) is 4.98 Å². The van der Waals surface area contributed by atoms with Gasteiger partial charge >= 0.3 is 0 Å². The van der Waals surface area contributed by atoms with Crippen molar-refractivity contribution in [2.75, 3.05) is 0 Å². The highest BCUT2D eigenvalue weighted by atomic mass is 35.5. The molecule has 0 saturated heterocycles. The molecule has 82 valence electrons. The van der Waals surface area contributed by atoms with Crippen LogP contribution in [0.1, 0.15) is 24.8 Å². The zero-order valence-electron chi connectivity index (χ0n) is 8.91. The van der Waals surface area contributed by atoms with Crippen LogP contribution in [-0.4, -0.2) is 4.98 Å². The van der Waals surface area contributed by atoms with Crippen molar-refractivity contribution in [2.45, 2.75) is 24.8 Å². The lowest BCUT2D eigenvalue weighted by Crippen LogP contribution is -2.43. The van der Waals surface area contributed by atoms with Gasteiger partial charge in [-0.25, -0.2) is 0 Å². The summed E-state index contributed by atoms with van der Waals surface area (Å²) in [6.07, 6.45) is 4.98. The standard InChI is InChI=1S/C13H13ClN2/c14-10-5-4-9-3-1-8-16-12(9)11(10)13(15)6-2-7-13/h1,3-5,8H,2,6-7,15H2. The van der Waals surface area contributed by atoms with E-state index in [0.717, 1.165) is 34.3 Å². The topological polar surface area (TPSA) is 38.9 Å². The highest BCUT2D eigenvalue weighted by molar-refractivity contribution is 6.32. The largest absolute Gasteiger partial charge is 0.321 e. The molecule has 0 radical (unpaired) electrons. The van der Waals surface area contributed by atoms with Gasteiger partial charge in [-0.15, -0.1) is 0 Å². The number of aromatic nitrogens is 1. The number of halogens is 1.